The van der Waals surface area contributed by atoms with Crippen LogP contribution in [0.5, 0.6) is 0 Å². The minimum atomic E-state index is -1.05. The number of nitrogens with one attached hydrogen (secondary N) is 1. The molecule has 29 heavy (non-hydrogen) atoms. The number of rotatable bonds is 5. The van der Waals surface area contributed by atoms with Crippen molar-refractivity contribution in [2.45, 2.75) is 25.9 Å². The van der Waals surface area contributed by atoms with Gasteiger partial charge in [0.25, 0.3) is 0 Å². The summed E-state index contributed by atoms with van der Waals surface area (Å²) < 4.78 is 41.9. The number of aromatic nitrogens is 2. The predicted molar refractivity (Wildman–Crippen MR) is 105 cm³/mol. The summed E-state index contributed by atoms with van der Waals surface area (Å²) in [5.41, 5.74) is 7.82. The number of halogens is 3. The Labute approximate surface area is 165 Å². The summed E-state index contributed by atoms with van der Waals surface area (Å²) in [6.45, 7) is 1.85. The molecule has 1 aromatic heterocycles. The number of aliphatic imine (C=N–C) groups is 1. The van der Waals surface area contributed by atoms with Gasteiger partial charge in [-0.25, -0.2) is 8.78 Å². The fourth-order valence-corrected chi connectivity index (χ4v) is 3.02. The largest absolute Gasteiger partial charge is 0.326 e. The Morgan fingerprint density at radius 2 is 2.07 bits per heavy atom. The monoisotopic (exact) mass is 403 g/mol. The quantitative estimate of drug-likeness (QED) is 0.752. The van der Waals surface area contributed by atoms with Gasteiger partial charge >= 0.3 is 5.56 Å². The average Bonchev–Trinajstić information content (AvgIpc) is 2.66. The van der Waals surface area contributed by atoms with Crippen LogP contribution in [0.1, 0.15) is 18.9 Å². The maximum Gasteiger partial charge on any atom is 0.310 e. The van der Waals surface area contributed by atoms with Gasteiger partial charge in [-0.1, -0.05) is 6.07 Å². The first-order valence-electron chi connectivity index (χ1n) is 8.85. The van der Waals surface area contributed by atoms with Crippen molar-refractivity contribution in [1.29, 1.82) is 0 Å². The lowest BCUT2D eigenvalue weighted by Crippen LogP contribution is -2.28. The molecule has 0 bridgehead atoms. The van der Waals surface area contributed by atoms with Crippen LogP contribution in [0, 0.1) is 17.5 Å². The highest BCUT2D eigenvalue weighted by molar-refractivity contribution is 5.82. The average molecular weight is 403 g/mol. The molecule has 1 heterocycles. The molecular weight excluding hydrogens is 383 g/mol. The van der Waals surface area contributed by atoms with Crippen molar-refractivity contribution in [3.63, 3.8) is 0 Å². The second kappa shape index (κ2) is 8.44. The van der Waals surface area contributed by atoms with Gasteiger partial charge < -0.3 is 15.6 Å². The Bertz CT molecular complexity index is 1090. The fraction of sp³-hybridized carbons (Fsp3) is 0.250. The Hall–Kier alpha value is -3.20. The van der Waals surface area contributed by atoms with Gasteiger partial charge in [-0.15, -0.1) is 0 Å². The molecule has 1 atom stereocenters. The summed E-state index contributed by atoms with van der Waals surface area (Å²) in [6, 6.07) is 3.15. The summed E-state index contributed by atoms with van der Waals surface area (Å²) in [5.74, 6) is -2.98. The van der Waals surface area contributed by atoms with E-state index in [0.717, 1.165) is 29.5 Å². The number of nitrogens with zero attached hydrogens (tertiary/aromatic N) is 3. The molecule has 6 nitrogen and oxygen atoms in total. The second-order valence-electron chi connectivity index (χ2n) is 6.76. The van der Waals surface area contributed by atoms with E-state index < -0.39 is 23.0 Å². The number of nitrogens with two attached hydrogens (primary N) is 1. The lowest BCUT2D eigenvalue weighted by atomic mass is 9.93. The van der Waals surface area contributed by atoms with Gasteiger partial charge in [0.1, 0.15) is 0 Å². The van der Waals surface area contributed by atoms with Crippen LogP contribution in [-0.4, -0.2) is 28.9 Å². The van der Waals surface area contributed by atoms with Gasteiger partial charge in [0, 0.05) is 31.2 Å². The number of hydrogen-bond donors (Lipinski definition) is 2. The summed E-state index contributed by atoms with van der Waals surface area (Å²) in [5, 5.41) is 3.03. The molecule has 3 N–H and O–H groups in total. The van der Waals surface area contributed by atoms with E-state index in [1.54, 1.807) is 19.3 Å². The first kappa shape index (κ1) is 20.5. The van der Waals surface area contributed by atoms with Crippen LogP contribution in [0.2, 0.25) is 0 Å². The Kier molecular flexibility index (Phi) is 5.97. The van der Waals surface area contributed by atoms with Crippen LogP contribution in [0.3, 0.4) is 0 Å². The molecule has 9 heteroatoms. The van der Waals surface area contributed by atoms with Crippen molar-refractivity contribution in [3.05, 3.63) is 80.7 Å². The molecule has 3 rings (SSSR count). The molecule has 0 fully saturated rings. The van der Waals surface area contributed by atoms with E-state index in [0.29, 0.717) is 17.7 Å². The van der Waals surface area contributed by atoms with Gasteiger partial charge in [0.2, 0.25) is 11.8 Å². The van der Waals surface area contributed by atoms with E-state index >= 15 is 0 Å². The maximum absolute atomic E-state index is 13.9. The number of hydrogen-bond acceptors (Lipinski definition) is 5. The van der Waals surface area contributed by atoms with Crippen molar-refractivity contribution in [1.82, 2.24) is 9.55 Å². The van der Waals surface area contributed by atoms with E-state index in [2.05, 4.69) is 15.3 Å². The third kappa shape index (κ3) is 4.62. The van der Waals surface area contributed by atoms with Crippen molar-refractivity contribution in [3.8, 4) is 0 Å². The normalized spacial score (nSPS) is 17.0. The minimum Gasteiger partial charge on any atom is -0.326 e. The number of allylic oxidation sites excluding steroid dienone is 1. The van der Waals surface area contributed by atoms with Gasteiger partial charge in [-0.3, -0.25) is 9.79 Å². The SMILES string of the molecule is C/N=C\C1=CC(Nc2nc(=O)c(F)cn2Cc2ccc(F)c(F)c2)=C(C)CC1N. The van der Waals surface area contributed by atoms with Crippen LogP contribution in [-0.2, 0) is 6.54 Å². The van der Waals surface area contributed by atoms with Gasteiger partial charge in [0.05, 0.1) is 6.54 Å². The minimum absolute atomic E-state index is 0.0252. The molecule has 1 aromatic carbocycles. The lowest BCUT2D eigenvalue weighted by Gasteiger charge is -2.23. The first-order chi connectivity index (χ1) is 13.8. The van der Waals surface area contributed by atoms with Crippen LogP contribution in [0.4, 0.5) is 19.1 Å². The molecule has 1 aliphatic carbocycles. The highest BCUT2D eigenvalue weighted by Crippen LogP contribution is 2.23. The number of benzene rings is 1. The van der Waals surface area contributed by atoms with Crippen LogP contribution >= 0.6 is 0 Å². The van der Waals surface area contributed by atoms with Crippen LogP contribution in [0.25, 0.3) is 0 Å². The summed E-state index contributed by atoms with van der Waals surface area (Å²) in [4.78, 5) is 19.5. The summed E-state index contributed by atoms with van der Waals surface area (Å²) >= 11 is 0. The van der Waals surface area contributed by atoms with Crippen molar-refractivity contribution < 1.29 is 13.2 Å². The Morgan fingerprint density at radius 3 is 2.76 bits per heavy atom. The zero-order valence-electron chi connectivity index (χ0n) is 15.9. The molecular formula is C20H20F3N5O. The molecule has 152 valence electrons. The highest BCUT2D eigenvalue weighted by Gasteiger charge is 2.19. The number of anilines is 1. The smallest absolute Gasteiger partial charge is 0.310 e. The molecule has 1 aliphatic rings. The molecule has 2 aromatic rings. The molecule has 0 aliphatic heterocycles. The summed E-state index contributed by atoms with van der Waals surface area (Å²) in [6.07, 6.45) is 4.97. The van der Waals surface area contributed by atoms with E-state index in [1.165, 1.54) is 10.6 Å². The Balaban J connectivity index is 1.99. The van der Waals surface area contributed by atoms with E-state index in [1.807, 2.05) is 6.92 Å². The van der Waals surface area contributed by atoms with Crippen molar-refractivity contribution in [2.75, 3.05) is 12.4 Å². The molecule has 0 saturated carbocycles. The zero-order valence-corrected chi connectivity index (χ0v) is 15.9. The van der Waals surface area contributed by atoms with E-state index in [9.17, 15) is 18.0 Å². The molecule has 1 unspecified atom stereocenters. The van der Waals surface area contributed by atoms with Crippen molar-refractivity contribution >= 4 is 12.2 Å². The first-order valence-corrected chi connectivity index (χ1v) is 8.85. The molecule has 0 radical (unpaired) electrons. The maximum atomic E-state index is 13.9. The van der Waals surface area contributed by atoms with Crippen LogP contribution in [0.15, 0.2) is 57.1 Å². The van der Waals surface area contributed by atoms with E-state index in [-0.39, 0.29) is 18.5 Å². The van der Waals surface area contributed by atoms with Gasteiger partial charge in [-0.2, -0.15) is 9.37 Å². The molecule has 0 spiro atoms. The second-order valence-corrected chi connectivity index (χ2v) is 6.76. The highest BCUT2D eigenvalue weighted by atomic mass is 19.2. The molecule has 0 amide bonds. The standard InChI is InChI=1S/C20H20F3N5O/c1-11-5-17(24)13(8-25-2)7-18(11)26-20-27-19(29)16(23)10-28(20)9-12-3-4-14(21)15(22)6-12/h3-4,6-8,10,17H,5,9,24H2,1-2H3,(H,26,27,29)/b25-8-. The lowest BCUT2D eigenvalue weighted by molar-refractivity contribution is 0.506. The van der Waals surface area contributed by atoms with Crippen LogP contribution < -0.4 is 16.6 Å². The molecule has 0 saturated heterocycles. The van der Waals surface area contributed by atoms with Gasteiger partial charge in [0.15, 0.2) is 11.6 Å². The fourth-order valence-electron chi connectivity index (χ4n) is 3.02. The Morgan fingerprint density at radius 1 is 1.31 bits per heavy atom. The zero-order chi connectivity index (χ0) is 21.1. The topological polar surface area (TPSA) is 85.3 Å². The third-order valence-electron chi connectivity index (χ3n) is 4.54. The van der Waals surface area contributed by atoms with Gasteiger partial charge in [-0.05, 0) is 48.3 Å². The van der Waals surface area contributed by atoms with E-state index in [4.69, 9.17) is 5.73 Å². The van der Waals surface area contributed by atoms with Crippen molar-refractivity contribution in [2.24, 2.45) is 10.7 Å². The predicted octanol–water partition coefficient (Wildman–Crippen LogP) is 2.75. The summed E-state index contributed by atoms with van der Waals surface area (Å²) in [7, 11) is 1.63. The third-order valence-corrected chi connectivity index (χ3v) is 4.54.